The zero-order valence-electron chi connectivity index (χ0n) is 9.31. The summed E-state index contributed by atoms with van der Waals surface area (Å²) < 4.78 is 9.96. The van der Waals surface area contributed by atoms with E-state index < -0.39 is 0 Å². The number of rotatable bonds is 6. The van der Waals surface area contributed by atoms with Gasteiger partial charge >= 0.3 is 5.97 Å². The van der Waals surface area contributed by atoms with Gasteiger partial charge in [0.25, 0.3) is 0 Å². The normalized spacial score (nSPS) is 9.88. The number of benzene rings is 1. The highest BCUT2D eigenvalue weighted by atomic mass is 16.5. The molecule has 0 heterocycles. The third-order valence-electron chi connectivity index (χ3n) is 2.15. The average Bonchev–Trinajstić information content (AvgIpc) is 2.31. The molecule has 0 unspecified atom stereocenters. The maximum Gasteiger partial charge on any atom is 0.308 e. The summed E-state index contributed by atoms with van der Waals surface area (Å²) in [5.41, 5.74) is 0.940. The van der Waals surface area contributed by atoms with Crippen molar-refractivity contribution < 1.29 is 19.4 Å². The van der Waals surface area contributed by atoms with Crippen LogP contribution in [0.4, 0.5) is 0 Å². The highest BCUT2D eigenvalue weighted by molar-refractivity contribution is 5.69. The van der Waals surface area contributed by atoms with Crippen molar-refractivity contribution in [3.63, 3.8) is 0 Å². The van der Waals surface area contributed by atoms with Crippen LogP contribution in [0.1, 0.15) is 12.0 Å². The van der Waals surface area contributed by atoms with E-state index in [-0.39, 0.29) is 25.6 Å². The Hall–Kier alpha value is -1.55. The summed E-state index contributed by atoms with van der Waals surface area (Å²) in [6, 6.07) is 7.46. The zero-order valence-corrected chi connectivity index (χ0v) is 9.31. The Labute approximate surface area is 94.8 Å². The summed E-state index contributed by atoms with van der Waals surface area (Å²) in [4.78, 5) is 10.9. The minimum atomic E-state index is -0.292. The molecule has 0 saturated heterocycles. The Morgan fingerprint density at radius 2 is 2.12 bits per heavy atom. The standard InChI is InChI=1S/C12H16O4/c1-15-12(14)7-9-16-11-5-3-2-4-10(11)6-8-13/h2-5,13H,6-9H2,1H3. The highest BCUT2D eigenvalue weighted by Crippen LogP contribution is 2.18. The molecule has 0 aliphatic heterocycles. The van der Waals surface area contributed by atoms with Gasteiger partial charge in [-0.2, -0.15) is 0 Å². The van der Waals surface area contributed by atoms with Gasteiger partial charge in [0.15, 0.2) is 0 Å². The van der Waals surface area contributed by atoms with Crippen LogP contribution in [-0.2, 0) is 16.0 Å². The Bertz CT molecular complexity index is 336. The number of aliphatic hydroxyl groups is 1. The number of ether oxygens (including phenoxy) is 2. The van der Waals surface area contributed by atoms with Gasteiger partial charge in [0.2, 0.25) is 0 Å². The van der Waals surface area contributed by atoms with E-state index in [4.69, 9.17) is 9.84 Å². The second-order valence-corrected chi connectivity index (χ2v) is 3.26. The summed E-state index contributed by atoms with van der Waals surface area (Å²) in [5, 5.41) is 8.87. The van der Waals surface area contributed by atoms with Crippen molar-refractivity contribution in [3.05, 3.63) is 29.8 Å². The van der Waals surface area contributed by atoms with Crippen LogP contribution in [0.25, 0.3) is 0 Å². The minimum Gasteiger partial charge on any atom is -0.493 e. The lowest BCUT2D eigenvalue weighted by atomic mass is 10.1. The fourth-order valence-electron chi connectivity index (χ4n) is 1.32. The van der Waals surface area contributed by atoms with E-state index in [2.05, 4.69) is 4.74 Å². The lowest BCUT2D eigenvalue weighted by Gasteiger charge is -2.09. The van der Waals surface area contributed by atoms with E-state index >= 15 is 0 Å². The Morgan fingerprint density at radius 1 is 1.38 bits per heavy atom. The first-order valence-corrected chi connectivity index (χ1v) is 5.16. The van der Waals surface area contributed by atoms with Gasteiger partial charge in [0.05, 0.1) is 20.1 Å². The van der Waals surface area contributed by atoms with Crippen molar-refractivity contribution in [1.82, 2.24) is 0 Å². The van der Waals surface area contributed by atoms with Gasteiger partial charge < -0.3 is 14.6 Å². The van der Waals surface area contributed by atoms with E-state index in [0.29, 0.717) is 12.2 Å². The Morgan fingerprint density at radius 3 is 2.81 bits per heavy atom. The predicted octanol–water partition coefficient (Wildman–Crippen LogP) is 1.16. The molecule has 0 bridgehead atoms. The monoisotopic (exact) mass is 224 g/mol. The molecule has 1 aromatic rings. The van der Waals surface area contributed by atoms with Crippen LogP contribution in [0.15, 0.2) is 24.3 Å². The molecule has 0 fully saturated rings. The Balaban J connectivity index is 2.49. The molecule has 4 nitrogen and oxygen atoms in total. The van der Waals surface area contributed by atoms with E-state index in [1.165, 1.54) is 7.11 Å². The van der Waals surface area contributed by atoms with E-state index in [1.807, 2.05) is 24.3 Å². The van der Waals surface area contributed by atoms with Crippen molar-refractivity contribution in [1.29, 1.82) is 0 Å². The van der Waals surface area contributed by atoms with E-state index in [9.17, 15) is 4.79 Å². The first-order chi connectivity index (χ1) is 7.77. The number of hydrogen-bond donors (Lipinski definition) is 1. The molecule has 0 radical (unpaired) electrons. The van der Waals surface area contributed by atoms with Gasteiger partial charge in [-0.25, -0.2) is 0 Å². The maximum atomic E-state index is 10.9. The summed E-state index contributed by atoms with van der Waals surface area (Å²) in [6.45, 7) is 0.368. The van der Waals surface area contributed by atoms with E-state index in [1.54, 1.807) is 0 Å². The maximum absolute atomic E-state index is 10.9. The molecular formula is C12H16O4. The first kappa shape index (κ1) is 12.5. The van der Waals surface area contributed by atoms with Gasteiger partial charge in [-0.3, -0.25) is 4.79 Å². The SMILES string of the molecule is COC(=O)CCOc1ccccc1CCO. The second-order valence-electron chi connectivity index (χ2n) is 3.26. The number of hydrogen-bond acceptors (Lipinski definition) is 4. The molecule has 0 aliphatic rings. The molecule has 0 aliphatic carbocycles. The summed E-state index contributed by atoms with van der Waals surface area (Å²) in [6.07, 6.45) is 0.776. The molecule has 0 atom stereocenters. The van der Waals surface area contributed by atoms with Crippen molar-refractivity contribution >= 4 is 5.97 Å². The van der Waals surface area contributed by atoms with Crippen LogP contribution in [0, 0.1) is 0 Å². The van der Waals surface area contributed by atoms with Crippen LogP contribution < -0.4 is 4.74 Å². The molecule has 16 heavy (non-hydrogen) atoms. The summed E-state index contributed by atoms with van der Waals surface area (Å²) in [5.74, 6) is 0.417. The number of methoxy groups -OCH3 is 1. The summed E-state index contributed by atoms with van der Waals surface area (Å²) in [7, 11) is 1.35. The van der Waals surface area contributed by atoms with Gasteiger partial charge in [-0.15, -0.1) is 0 Å². The van der Waals surface area contributed by atoms with Gasteiger partial charge in [0, 0.05) is 6.61 Å². The predicted molar refractivity (Wildman–Crippen MR) is 59.4 cm³/mol. The zero-order chi connectivity index (χ0) is 11.8. The number of carbonyl (C=O) groups is 1. The number of carbonyl (C=O) groups excluding carboxylic acids is 1. The third-order valence-corrected chi connectivity index (χ3v) is 2.15. The fraction of sp³-hybridized carbons (Fsp3) is 0.417. The lowest BCUT2D eigenvalue weighted by molar-refractivity contribution is -0.141. The quantitative estimate of drug-likeness (QED) is 0.737. The summed E-state index contributed by atoms with van der Waals surface area (Å²) >= 11 is 0. The smallest absolute Gasteiger partial charge is 0.308 e. The molecule has 4 heteroatoms. The van der Waals surface area contributed by atoms with Crippen LogP contribution >= 0.6 is 0 Å². The number of aliphatic hydroxyl groups excluding tert-OH is 1. The molecule has 0 spiro atoms. The van der Waals surface area contributed by atoms with Crippen LogP contribution in [-0.4, -0.2) is 31.4 Å². The number of esters is 1. The van der Waals surface area contributed by atoms with Crippen molar-refractivity contribution in [2.24, 2.45) is 0 Å². The van der Waals surface area contributed by atoms with Gasteiger partial charge in [-0.05, 0) is 18.1 Å². The second kappa shape index (κ2) is 6.85. The molecule has 88 valence electrons. The van der Waals surface area contributed by atoms with Crippen molar-refractivity contribution in [2.45, 2.75) is 12.8 Å². The Kier molecular flexibility index (Phi) is 5.36. The largest absolute Gasteiger partial charge is 0.493 e. The molecule has 1 aromatic carbocycles. The van der Waals surface area contributed by atoms with Gasteiger partial charge in [-0.1, -0.05) is 18.2 Å². The molecule has 1 rings (SSSR count). The topological polar surface area (TPSA) is 55.8 Å². The third kappa shape index (κ3) is 3.90. The molecule has 0 saturated carbocycles. The fourth-order valence-corrected chi connectivity index (χ4v) is 1.32. The van der Waals surface area contributed by atoms with Crippen LogP contribution in [0.3, 0.4) is 0 Å². The van der Waals surface area contributed by atoms with E-state index in [0.717, 1.165) is 5.56 Å². The van der Waals surface area contributed by atoms with Crippen molar-refractivity contribution in [3.8, 4) is 5.75 Å². The van der Waals surface area contributed by atoms with Crippen LogP contribution in [0.5, 0.6) is 5.75 Å². The van der Waals surface area contributed by atoms with Crippen LogP contribution in [0.2, 0.25) is 0 Å². The average molecular weight is 224 g/mol. The number of para-hydroxylation sites is 1. The molecule has 1 N–H and O–H groups in total. The van der Waals surface area contributed by atoms with Crippen molar-refractivity contribution in [2.75, 3.05) is 20.3 Å². The first-order valence-electron chi connectivity index (χ1n) is 5.16. The highest BCUT2D eigenvalue weighted by Gasteiger charge is 2.04. The van der Waals surface area contributed by atoms with Gasteiger partial charge in [0.1, 0.15) is 5.75 Å². The molecule has 0 amide bonds. The minimum absolute atomic E-state index is 0.0807. The molecule has 0 aromatic heterocycles. The molecular weight excluding hydrogens is 208 g/mol. The lowest BCUT2D eigenvalue weighted by Crippen LogP contribution is -2.08.